The van der Waals surface area contributed by atoms with Gasteiger partial charge in [-0.25, -0.2) is 9.37 Å². The normalized spacial score (nSPS) is 11.0. The van der Waals surface area contributed by atoms with E-state index in [0.717, 1.165) is 33.0 Å². The van der Waals surface area contributed by atoms with Crippen LogP contribution >= 0.6 is 11.8 Å². The third kappa shape index (κ3) is 5.55. The first-order chi connectivity index (χ1) is 17.2. The molecule has 5 aromatic rings. The van der Waals surface area contributed by atoms with Crippen LogP contribution in [0.1, 0.15) is 27.2 Å². The summed E-state index contributed by atoms with van der Waals surface area (Å²) in [7, 11) is 0. The van der Waals surface area contributed by atoms with Gasteiger partial charge in [-0.2, -0.15) is 0 Å². The van der Waals surface area contributed by atoms with Gasteiger partial charge in [-0.3, -0.25) is 14.8 Å². The Balaban J connectivity index is 1.27. The van der Waals surface area contributed by atoms with Gasteiger partial charge in [-0.05, 0) is 53.6 Å². The zero-order valence-electron chi connectivity index (χ0n) is 18.8. The highest BCUT2D eigenvalue weighted by Gasteiger charge is 2.13. The summed E-state index contributed by atoms with van der Waals surface area (Å²) in [6.07, 6.45) is 5.20. The van der Waals surface area contributed by atoms with Crippen LogP contribution in [0.4, 0.5) is 4.39 Å². The zero-order valence-corrected chi connectivity index (χ0v) is 19.6. The van der Waals surface area contributed by atoms with Gasteiger partial charge in [0, 0.05) is 23.7 Å². The average Bonchev–Trinajstić information content (AvgIpc) is 3.24. The number of halogens is 1. The second kappa shape index (κ2) is 10.5. The van der Waals surface area contributed by atoms with E-state index >= 15 is 0 Å². The quantitative estimate of drug-likeness (QED) is 0.306. The zero-order chi connectivity index (χ0) is 24.0. The molecule has 35 heavy (non-hydrogen) atoms. The van der Waals surface area contributed by atoms with Crippen molar-refractivity contribution >= 4 is 28.7 Å². The Kier molecular flexibility index (Phi) is 6.81. The number of pyridine rings is 2. The Morgan fingerprint density at radius 1 is 0.971 bits per heavy atom. The molecule has 3 aromatic heterocycles. The first-order valence-electron chi connectivity index (χ1n) is 11.1. The fourth-order valence-corrected chi connectivity index (χ4v) is 4.67. The van der Waals surface area contributed by atoms with Crippen LogP contribution in [0.3, 0.4) is 0 Å². The molecule has 0 saturated carbocycles. The molecule has 0 saturated heterocycles. The molecule has 0 atom stereocenters. The molecule has 1 N–H and O–H groups in total. The molecule has 8 heteroatoms. The van der Waals surface area contributed by atoms with Gasteiger partial charge >= 0.3 is 0 Å². The van der Waals surface area contributed by atoms with Gasteiger partial charge in [-0.1, -0.05) is 42.1 Å². The van der Waals surface area contributed by atoms with Crippen molar-refractivity contribution in [3.05, 3.63) is 120 Å². The smallest absolute Gasteiger partial charge is 0.251 e. The topological polar surface area (TPSA) is 72.7 Å². The lowest BCUT2D eigenvalue weighted by atomic mass is 10.1. The third-order valence-electron chi connectivity index (χ3n) is 5.49. The van der Waals surface area contributed by atoms with E-state index in [4.69, 9.17) is 4.98 Å². The van der Waals surface area contributed by atoms with E-state index < -0.39 is 0 Å². The van der Waals surface area contributed by atoms with E-state index in [9.17, 15) is 9.18 Å². The molecule has 1 amide bonds. The van der Waals surface area contributed by atoms with Gasteiger partial charge in [0.05, 0.1) is 36.0 Å². The molecule has 174 valence electrons. The number of rotatable bonds is 8. The number of imidazole rings is 1. The Hall–Kier alpha value is -4.04. The summed E-state index contributed by atoms with van der Waals surface area (Å²) in [6, 6.07) is 21.6. The van der Waals surface area contributed by atoms with Crippen molar-refractivity contribution in [3.63, 3.8) is 0 Å². The van der Waals surface area contributed by atoms with Crippen LogP contribution < -0.4 is 5.32 Å². The molecule has 5 rings (SSSR count). The standard InChI is InChI=1S/C27H22FN5OS/c28-22-5-3-4-20(14-22)17-33-25-16-29-13-11-24(25)32-27(33)35-18-19-7-9-21(10-8-19)26(34)31-15-23-6-1-2-12-30-23/h1-14,16H,15,17-18H2,(H,31,34). The minimum atomic E-state index is -0.261. The first-order valence-corrected chi connectivity index (χ1v) is 12.1. The Morgan fingerprint density at radius 3 is 2.66 bits per heavy atom. The van der Waals surface area contributed by atoms with Gasteiger partial charge in [0.1, 0.15) is 5.82 Å². The van der Waals surface area contributed by atoms with E-state index in [-0.39, 0.29) is 11.7 Å². The number of fused-ring (bicyclic) bond motifs is 1. The molecule has 0 aliphatic heterocycles. The summed E-state index contributed by atoms with van der Waals surface area (Å²) in [5, 5.41) is 3.72. The van der Waals surface area contributed by atoms with Gasteiger partial charge in [0.15, 0.2) is 5.16 Å². The van der Waals surface area contributed by atoms with Crippen molar-refractivity contribution in [2.24, 2.45) is 0 Å². The molecule has 0 spiro atoms. The highest BCUT2D eigenvalue weighted by molar-refractivity contribution is 7.98. The van der Waals surface area contributed by atoms with Crippen molar-refractivity contribution in [2.45, 2.75) is 24.0 Å². The number of carbonyl (C=O) groups is 1. The minimum Gasteiger partial charge on any atom is -0.346 e. The van der Waals surface area contributed by atoms with Gasteiger partial charge in [0.2, 0.25) is 0 Å². The number of amides is 1. The van der Waals surface area contributed by atoms with E-state index in [1.807, 2.05) is 54.6 Å². The number of nitrogens with zero attached hydrogens (tertiary/aromatic N) is 4. The Morgan fingerprint density at radius 2 is 1.86 bits per heavy atom. The Labute approximate surface area is 206 Å². The molecule has 2 aromatic carbocycles. The number of hydrogen-bond acceptors (Lipinski definition) is 5. The number of carbonyl (C=O) groups excluding carboxylic acids is 1. The summed E-state index contributed by atoms with van der Waals surface area (Å²) >= 11 is 1.59. The summed E-state index contributed by atoms with van der Waals surface area (Å²) in [6.45, 7) is 0.880. The number of nitrogens with one attached hydrogen (secondary N) is 1. The monoisotopic (exact) mass is 483 g/mol. The Bertz CT molecular complexity index is 1450. The van der Waals surface area contributed by atoms with Crippen molar-refractivity contribution in [1.82, 2.24) is 24.8 Å². The molecule has 0 bridgehead atoms. The number of benzene rings is 2. The van der Waals surface area contributed by atoms with Gasteiger partial charge in [0.25, 0.3) is 5.91 Å². The third-order valence-corrected chi connectivity index (χ3v) is 6.53. The highest BCUT2D eigenvalue weighted by atomic mass is 32.2. The lowest BCUT2D eigenvalue weighted by molar-refractivity contribution is 0.0950. The molecule has 0 aliphatic rings. The van der Waals surface area contributed by atoms with Crippen molar-refractivity contribution in [2.75, 3.05) is 0 Å². The van der Waals surface area contributed by atoms with Gasteiger partial charge < -0.3 is 9.88 Å². The fourth-order valence-electron chi connectivity index (χ4n) is 3.70. The molecule has 0 fully saturated rings. The second-order valence-corrected chi connectivity index (χ2v) is 8.91. The molecule has 0 unspecified atom stereocenters. The van der Waals surface area contributed by atoms with Crippen LogP contribution in [-0.4, -0.2) is 25.4 Å². The fraction of sp³-hybridized carbons (Fsp3) is 0.111. The van der Waals surface area contributed by atoms with Gasteiger partial charge in [-0.15, -0.1) is 0 Å². The summed E-state index contributed by atoms with van der Waals surface area (Å²) in [5.74, 6) is 0.276. The lowest BCUT2D eigenvalue weighted by Crippen LogP contribution is -2.23. The number of thioether (sulfide) groups is 1. The van der Waals surface area contributed by atoms with E-state index in [1.54, 1.807) is 36.4 Å². The maximum atomic E-state index is 13.7. The largest absolute Gasteiger partial charge is 0.346 e. The van der Waals surface area contributed by atoms with Crippen molar-refractivity contribution < 1.29 is 9.18 Å². The summed E-state index contributed by atoms with van der Waals surface area (Å²) in [4.78, 5) is 25.7. The van der Waals surface area contributed by atoms with Crippen molar-refractivity contribution in [1.29, 1.82) is 0 Å². The van der Waals surface area contributed by atoms with Crippen LogP contribution in [0.2, 0.25) is 0 Å². The van der Waals surface area contributed by atoms with E-state index in [0.29, 0.717) is 24.4 Å². The second-order valence-electron chi connectivity index (χ2n) is 7.96. The average molecular weight is 484 g/mol. The maximum absolute atomic E-state index is 13.7. The lowest BCUT2D eigenvalue weighted by Gasteiger charge is -2.10. The molecule has 6 nitrogen and oxygen atoms in total. The van der Waals surface area contributed by atoms with Crippen molar-refractivity contribution in [3.8, 4) is 0 Å². The SMILES string of the molecule is O=C(NCc1ccccn1)c1ccc(CSc2nc3ccncc3n2Cc2cccc(F)c2)cc1. The summed E-state index contributed by atoms with van der Waals surface area (Å²) in [5.41, 5.74) is 5.08. The molecule has 0 radical (unpaired) electrons. The molecular formula is C27H22FN5OS. The molecule has 3 heterocycles. The highest BCUT2D eigenvalue weighted by Crippen LogP contribution is 2.27. The molecule has 0 aliphatic carbocycles. The van der Waals surface area contributed by atoms with Crippen LogP contribution in [0.5, 0.6) is 0 Å². The predicted molar refractivity (Wildman–Crippen MR) is 134 cm³/mol. The number of aromatic nitrogens is 4. The van der Waals surface area contributed by atoms with Crippen LogP contribution in [0, 0.1) is 5.82 Å². The van der Waals surface area contributed by atoms with E-state index in [2.05, 4.69) is 19.9 Å². The van der Waals surface area contributed by atoms with Crippen LogP contribution in [0.15, 0.2) is 96.5 Å². The predicted octanol–water partition coefficient (Wildman–Crippen LogP) is 5.24. The minimum absolute atomic E-state index is 0.140. The number of hydrogen-bond donors (Lipinski definition) is 1. The summed E-state index contributed by atoms with van der Waals surface area (Å²) < 4.78 is 15.8. The van der Waals surface area contributed by atoms with E-state index in [1.165, 1.54) is 12.1 Å². The molecular weight excluding hydrogens is 461 g/mol. The van der Waals surface area contributed by atoms with Crippen LogP contribution in [0.25, 0.3) is 11.0 Å². The van der Waals surface area contributed by atoms with Crippen LogP contribution in [-0.2, 0) is 18.8 Å². The first kappa shape index (κ1) is 22.7. The maximum Gasteiger partial charge on any atom is 0.251 e.